The third-order valence-corrected chi connectivity index (χ3v) is 5.16. The number of benzene rings is 1. The SMILES string of the molecule is CC(=O)N1C(=O)CN=C1Nc1c(Br)cc2c(c1Br)CCC2. The quantitative estimate of drug-likeness (QED) is 0.768. The normalized spacial score (nSPS) is 17.0. The number of hydrogen-bond acceptors (Lipinski definition) is 4. The fourth-order valence-electron chi connectivity index (χ4n) is 2.71. The van der Waals surface area contributed by atoms with Crippen LogP contribution in [-0.2, 0) is 22.4 Å². The molecule has 2 amide bonds. The summed E-state index contributed by atoms with van der Waals surface area (Å²) < 4.78 is 1.86. The lowest BCUT2D eigenvalue weighted by Gasteiger charge is -2.19. The van der Waals surface area contributed by atoms with Crippen LogP contribution in [0.25, 0.3) is 0 Å². The topological polar surface area (TPSA) is 61.8 Å². The Labute approximate surface area is 139 Å². The average molecular weight is 415 g/mol. The zero-order chi connectivity index (χ0) is 15.1. The first kappa shape index (κ1) is 14.7. The van der Waals surface area contributed by atoms with Gasteiger partial charge in [-0.25, -0.2) is 9.89 Å². The molecule has 1 aromatic carbocycles. The molecular formula is C14H13Br2N3O2. The van der Waals surface area contributed by atoms with Crippen LogP contribution in [-0.4, -0.2) is 29.2 Å². The molecule has 0 aromatic heterocycles. The Bertz CT molecular complexity index is 685. The molecule has 5 nitrogen and oxygen atoms in total. The first-order valence-electron chi connectivity index (χ1n) is 6.63. The van der Waals surface area contributed by atoms with Crippen molar-refractivity contribution in [1.82, 2.24) is 4.90 Å². The van der Waals surface area contributed by atoms with Crippen LogP contribution in [0.1, 0.15) is 24.5 Å². The number of nitrogens with zero attached hydrogens (tertiary/aromatic N) is 2. The van der Waals surface area contributed by atoms with Gasteiger partial charge in [0.05, 0.1) is 5.69 Å². The molecule has 1 aliphatic carbocycles. The Morgan fingerprint density at radius 3 is 2.86 bits per heavy atom. The third-order valence-electron chi connectivity index (χ3n) is 3.66. The number of carbonyl (C=O) groups is 2. The van der Waals surface area contributed by atoms with Gasteiger partial charge in [0, 0.05) is 15.9 Å². The first-order chi connectivity index (χ1) is 9.99. The molecule has 0 bridgehead atoms. The largest absolute Gasteiger partial charge is 0.323 e. The number of fused-ring (bicyclic) bond motifs is 1. The number of carbonyl (C=O) groups excluding carboxylic acids is 2. The fourth-order valence-corrected chi connectivity index (χ4v) is 4.31. The first-order valence-corrected chi connectivity index (χ1v) is 8.22. The van der Waals surface area contributed by atoms with Gasteiger partial charge < -0.3 is 5.32 Å². The summed E-state index contributed by atoms with van der Waals surface area (Å²) in [5.41, 5.74) is 3.41. The summed E-state index contributed by atoms with van der Waals surface area (Å²) in [5.74, 6) is -0.359. The molecule has 0 saturated heterocycles. The summed E-state index contributed by atoms with van der Waals surface area (Å²) in [5, 5.41) is 3.11. The molecule has 1 aromatic rings. The second-order valence-corrected chi connectivity index (χ2v) is 6.70. The van der Waals surface area contributed by atoms with Gasteiger partial charge in [-0.3, -0.25) is 9.59 Å². The van der Waals surface area contributed by atoms with Gasteiger partial charge in [0.25, 0.3) is 5.91 Å². The van der Waals surface area contributed by atoms with E-state index in [1.54, 1.807) is 0 Å². The number of amides is 2. The van der Waals surface area contributed by atoms with Crippen molar-refractivity contribution in [2.24, 2.45) is 4.99 Å². The zero-order valence-electron chi connectivity index (χ0n) is 11.4. The summed E-state index contributed by atoms with van der Waals surface area (Å²) in [6.07, 6.45) is 3.24. The molecule has 3 rings (SSSR count). The van der Waals surface area contributed by atoms with Gasteiger partial charge in [0.1, 0.15) is 6.54 Å². The number of aliphatic imine (C=N–C) groups is 1. The van der Waals surface area contributed by atoms with Crippen LogP contribution in [0.2, 0.25) is 0 Å². The maximum atomic E-state index is 11.7. The molecular weight excluding hydrogens is 402 g/mol. The van der Waals surface area contributed by atoms with E-state index in [-0.39, 0.29) is 24.3 Å². The van der Waals surface area contributed by atoms with Crippen LogP contribution in [0.15, 0.2) is 20.0 Å². The van der Waals surface area contributed by atoms with Gasteiger partial charge in [0.15, 0.2) is 0 Å². The predicted molar refractivity (Wildman–Crippen MR) is 87.3 cm³/mol. The average Bonchev–Trinajstić information content (AvgIpc) is 3.01. The van der Waals surface area contributed by atoms with Crippen molar-refractivity contribution < 1.29 is 9.59 Å². The smallest absolute Gasteiger partial charge is 0.257 e. The molecule has 1 aliphatic heterocycles. The maximum Gasteiger partial charge on any atom is 0.257 e. The van der Waals surface area contributed by atoms with E-state index in [4.69, 9.17) is 0 Å². The lowest BCUT2D eigenvalue weighted by molar-refractivity contribution is -0.136. The highest BCUT2D eigenvalue weighted by molar-refractivity contribution is 9.11. The van der Waals surface area contributed by atoms with Crippen LogP contribution in [0.5, 0.6) is 0 Å². The van der Waals surface area contributed by atoms with Crippen LogP contribution in [0.4, 0.5) is 5.69 Å². The highest BCUT2D eigenvalue weighted by Gasteiger charge is 2.30. The van der Waals surface area contributed by atoms with Crippen LogP contribution >= 0.6 is 31.9 Å². The van der Waals surface area contributed by atoms with Crippen LogP contribution in [0, 0.1) is 0 Å². The summed E-state index contributed by atoms with van der Waals surface area (Å²) >= 11 is 7.17. The molecule has 0 saturated carbocycles. The van der Waals surface area contributed by atoms with Crippen molar-refractivity contribution >= 4 is 55.3 Å². The lowest BCUT2D eigenvalue weighted by Crippen LogP contribution is -2.40. The van der Waals surface area contributed by atoms with E-state index in [1.807, 2.05) is 0 Å². The van der Waals surface area contributed by atoms with E-state index in [0.717, 1.165) is 38.8 Å². The minimum atomic E-state index is -0.336. The van der Waals surface area contributed by atoms with Crippen LogP contribution < -0.4 is 5.32 Å². The number of guanidine groups is 1. The molecule has 7 heteroatoms. The molecule has 0 spiro atoms. The molecule has 21 heavy (non-hydrogen) atoms. The van der Waals surface area contributed by atoms with E-state index >= 15 is 0 Å². The minimum Gasteiger partial charge on any atom is -0.323 e. The van der Waals surface area contributed by atoms with E-state index in [1.165, 1.54) is 18.1 Å². The second-order valence-electron chi connectivity index (χ2n) is 5.05. The molecule has 0 radical (unpaired) electrons. The summed E-state index contributed by atoms with van der Waals surface area (Å²) in [6.45, 7) is 1.36. The Kier molecular flexibility index (Phi) is 3.88. The number of rotatable bonds is 1. The fraction of sp³-hybridized carbons (Fsp3) is 0.357. The van der Waals surface area contributed by atoms with Gasteiger partial charge >= 0.3 is 0 Å². The van der Waals surface area contributed by atoms with Crippen molar-refractivity contribution in [3.8, 4) is 0 Å². The van der Waals surface area contributed by atoms with Crippen molar-refractivity contribution in [3.05, 3.63) is 26.1 Å². The standard InChI is InChI=1S/C14H13Br2N3O2/c1-7(20)19-11(21)6-17-14(19)18-13-10(15)5-8-3-2-4-9(8)12(13)16/h5H,2-4,6H2,1H3,(H,17,18). The van der Waals surface area contributed by atoms with Crippen molar-refractivity contribution in [3.63, 3.8) is 0 Å². The molecule has 1 N–H and O–H groups in total. The van der Waals surface area contributed by atoms with Crippen molar-refractivity contribution in [2.75, 3.05) is 11.9 Å². The van der Waals surface area contributed by atoms with E-state index in [9.17, 15) is 9.59 Å². The van der Waals surface area contributed by atoms with Gasteiger partial charge in [0.2, 0.25) is 11.9 Å². The van der Waals surface area contributed by atoms with Crippen molar-refractivity contribution in [2.45, 2.75) is 26.2 Å². The molecule has 1 heterocycles. The Balaban J connectivity index is 1.96. The highest BCUT2D eigenvalue weighted by atomic mass is 79.9. The van der Waals surface area contributed by atoms with Gasteiger partial charge in [-0.15, -0.1) is 0 Å². The maximum absolute atomic E-state index is 11.7. The second kappa shape index (κ2) is 5.53. The number of anilines is 1. The summed E-state index contributed by atoms with van der Waals surface area (Å²) in [4.78, 5) is 28.5. The molecule has 2 aliphatic rings. The summed E-state index contributed by atoms with van der Waals surface area (Å²) in [7, 11) is 0. The lowest BCUT2D eigenvalue weighted by atomic mass is 10.1. The summed E-state index contributed by atoms with van der Waals surface area (Å²) in [6, 6.07) is 2.09. The monoisotopic (exact) mass is 413 g/mol. The Morgan fingerprint density at radius 2 is 2.14 bits per heavy atom. The van der Waals surface area contributed by atoms with Gasteiger partial charge in [-0.1, -0.05) is 0 Å². The molecule has 0 fully saturated rings. The molecule has 0 atom stereocenters. The number of aryl methyl sites for hydroxylation is 1. The van der Waals surface area contributed by atoms with E-state index < -0.39 is 0 Å². The zero-order valence-corrected chi connectivity index (χ0v) is 14.5. The third kappa shape index (κ3) is 2.53. The minimum absolute atomic E-state index is 0.00208. The van der Waals surface area contributed by atoms with Gasteiger partial charge in [-0.05, 0) is 68.3 Å². The Hall–Kier alpha value is -1.21. The predicted octanol–water partition coefficient (Wildman–Crippen LogP) is 2.86. The van der Waals surface area contributed by atoms with Crippen molar-refractivity contribution in [1.29, 1.82) is 0 Å². The van der Waals surface area contributed by atoms with E-state index in [2.05, 4.69) is 48.2 Å². The molecule has 0 unspecified atom stereocenters. The number of halogens is 2. The number of hydrogen-bond donors (Lipinski definition) is 1. The number of imide groups is 1. The Morgan fingerprint density at radius 1 is 1.38 bits per heavy atom. The van der Waals surface area contributed by atoms with Crippen LogP contribution in [0.3, 0.4) is 0 Å². The van der Waals surface area contributed by atoms with Gasteiger partial charge in [-0.2, -0.15) is 0 Å². The number of nitrogens with one attached hydrogen (secondary N) is 1. The highest BCUT2D eigenvalue weighted by Crippen LogP contribution is 2.40. The van der Waals surface area contributed by atoms with E-state index in [0.29, 0.717) is 0 Å². The molecule has 110 valence electrons.